The summed E-state index contributed by atoms with van der Waals surface area (Å²) in [6.07, 6.45) is 9.03. The van der Waals surface area contributed by atoms with Crippen LogP contribution in [0.15, 0.2) is 50.8 Å². The number of hydrogen-bond donors (Lipinski definition) is 0. The van der Waals surface area contributed by atoms with Crippen LogP contribution in [-0.2, 0) is 4.79 Å². The molecule has 5 nitrogen and oxygen atoms in total. The first-order valence-corrected chi connectivity index (χ1v) is 13.7. The fourth-order valence-electron chi connectivity index (χ4n) is 4.27. The Morgan fingerprint density at radius 2 is 1.97 bits per heavy atom. The lowest BCUT2D eigenvalue weighted by Gasteiger charge is -2.30. The summed E-state index contributed by atoms with van der Waals surface area (Å²) >= 11 is 4.91. The third kappa shape index (κ3) is 6.09. The molecule has 35 heavy (non-hydrogen) atoms. The predicted octanol–water partition coefficient (Wildman–Crippen LogP) is 7.71. The Bertz CT molecular complexity index is 1130. The van der Waals surface area contributed by atoms with E-state index in [0.29, 0.717) is 28.2 Å². The van der Waals surface area contributed by atoms with Gasteiger partial charge in [0.2, 0.25) is 0 Å². The number of thioether (sulfide) groups is 1. The van der Waals surface area contributed by atoms with E-state index in [1.54, 1.807) is 30.2 Å². The molecule has 1 saturated heterocycles. The molecule has 2 aliphatic rings. The van der Waals surface area contributed by atoms with Crippen molar-refractivity contribution in [2.75, 3.05) is 13.7 Å². The standard InChI is InChI=1S/C27H30BrFN2O3S/c1-3-4-14-34-24-17-20(28)18(15-23(24)33-2)16-25-26(32)31(19-10-6-5-7-11-19)27(35-25)30-22-13-9-8-12-21(22)29/h8-9,12-13,15-17,19H,3-7,10-11,14H2,1-2H3/b25-16+,30-27?. The first kappa shape index (κ1) is 25.8. The van der Waals surface area contributed by atoms with Gasteiger partial charge in [-0.1, -0.05) is 60.7 Å². The Morgan fingerprint density at radius 1 is 1.20 bits per heavy atom. The monoisotopic (exact) mass is 560 g/mol. The van der Waals surface area contributed by atoms with E-state index in [0.717, 1.165) is 48.6 Å². The molecular formula is C27H30BrFN2O3S. The van der Waals surface area contributed by atoms with Gasteiger partial charge in [-0.2, -0.15) is 0 Å². The number of aliphatic imine (C=N–C) groups is 1. The summed E-state index contributed by atoms with van der Waals surface area (Å²) in [5.41, 5.74) is 1.04. The van der Waals surface area contributed by atoms with Crippen LogP contribution in [-0.4, -0.2) is 35.7 Å². The molecule has 2 fully saturated rings. The Morgan fingerprint density at radius 3 is 2.69 bits per heavy atom. The van der Waals surface area contributed by atoms with Gasteiger partial charge < -0.3 is 9.47 Å². The molecule has 0 bridgehead atoms. The minimum atomic E-state index is -0.403. The van der Waals surface area contributed by atoms with E-state index >= 15 is 0 Å². The molecule has 186 valence electrons. The van der Waals surface area contributed by atoms with Crippen LogP contribution in [0, 0.1) is 5.82 Å². The molecule has 1 amide bonds. The number of benzene rings is 2. The molecule has 4 rings (SSSR count). The number of unbranched alkanes of at least 4 members (excludes halogenated alkanes) is 1. The van der Waals surface area contributed by atoms with E-state index in [4.69, 9.17) is 9.47 Å². The van der Waals surface area contributed by atoms with E-state index in [1.165, 1.54) is 24.2 Å². The second kappa shape index (κ2) is 12.1. The average molecular weight is 562 g/mol. The molecule has 0 unspecified atom stereocenters. The molecule has 8 heteroatoms. The van der Waals surface area contributed by atoms with Crippen LogP contribution in [0.4, 0.5) is 10.1 Å². The molecule has 0 spiro atoms. The van der Waals surface area contributed by atoms with Crippen molar-refractivity contribution >= 4 is 50.5 Å². The molecule has 1 aliphatic heterocycles. The summed E-state index contributed by atoms with van der Waals surface area (Å²) < 4.78 is 26.6. The fourth-order valence-corrected chi connectivity index (χ4v) is 5.75. The molecule has 0 radical (unpaired) electrons. The van der Waals surface area contributed by atoms with Crippen LogP contribution in [0.1, 0.15) is 57.4 Å². The first-order valence-electron chi connectivity index (χ1n) is 12.1. The molecule has 0 aromatic heterocycles. The number of methoxy groups -OCH3 is 1. The van der Waals surface area contributed by atoms with Gasteiger partial charge in [0.15, 0.2) is 16.7 Å². The van der Waals surface area contributed by atoms with Gasteiger partial charge in [0, 0.05) is 10.5 Å². The molecule has 1 aliphatic carbocycles. The van der Waals surface area contributed by atoms with E-state index in [9.17, 15) is 9.18 Å². The van der Waals surface area contributed by atoms with E-state index in [-0.39, 0.29) is 17.6 Å². The molecule has 2 aromatic rings. The number of amides is 1. The van der Waals surface area contributed by atoms with Crippen molar-refractivity contribution in [3.8, 4) is 11.5 Å². The van der Waals surface area contributed by atoms with Gasteiger partial charge in [-0.3, -0.25) is 9.69 Å². The lowest BCUT2D eigenvalue weighted by atomic mass is 9.94. The Balaban J connectivity index is 1.68. The van der Waals surface area contributed by atoms with Crippen LogP contribution in [0.2, 0.25) is 0 Å². The molecule has 2 aromatic carbocycles. The summed E-state index contributed by atoms with van der Waals surface area (Å²) in [4.78, 5) is 20.5. The quantitative estimate of drug-likeness (QED) is 0.245. The SMILES string of the molecule is CCCCOc1cc(Br)c(/C=C2/SC(=Nc3ccccc3F)N(C3CCCCC3)C2=O)cc1OC. The van der Waals surface area contributed by atoms with E-state index < -0.39 is 5.82 Å². The maximum absolute atomic E-state index is 14.4. The summed E-state index contributed by atoms with van der Waals surface area (Å²) in [5, 5.41) is 0.529. The van der Waals surface area contributed by atoms with Crippen molar-refractivity contribution in [2.24, 2.45) is 4.99 Å². The Labute approximate surface area is 218 Å². The normalized spacial score (nSPS) is 19.1. The zero-order chi connectivity index (χ0) is 24.8. The van der Waals surface area contributed by atoms with Gasteiger partial charge in [-0.15, -0.1) is 0 Å². The smallest absolute Gasteiger partial charge is 0.267 e. The fraction of sp³-hybridized carbons (Fsp3) is 0.407. The lowest BCUT2D eigenvalue weighted by Crippen LogP contribution is -2.40. The minimum absolute atomic E-state index is 0.0764. The number of carbonyl (C=O) groups is 1. The highest BCUT2D eigenvalue weighted by molar-refractivity contribution is 9.10. The van der Waals surface area contributed by atoms with Gasteiger partial charge in [-0.05, 0) is 66.9 Å². The highest BCUT2D eigenvalue weighted by atomic mass is 79.9. The molecular weight excluding hydrogens is 531 g/mol. The molecule has 1 saturated carbocycles. The second-order valence-electron chi connectivity index (χ2n) is 8.65. The van der Waals surface area contributed by atoms with Crippen molar-refractivity contribution in [1.82, 2.24) is 4.90 Å². The number of hydrogen-bond acceptors (Lipinski definition) is 5. The topological polar surface area (TPSA) is 51.1 Å². The number of halogens is 2. The predicted molar refractivity (Wildman–Crippen MR) is 144 cm³/mol. The zero-order valence-corrected chi connectivity index (χ0v) is 22.5. The molecule has 0 atom stereocenters. The van der Waals surface area contributed by atoms with Crippen molar-refractivity contribution in [3.05, 3.63) is 57.2 Å². The Kier molecular flexibility index (Phi) is 8.89. The Hall–Kier alpha value is -2.32. The number of rotatable bonds is 8. The third-order valence-electron chi connectivity index (χ3n) is 6.17. The van der Waals surface area contributed by atoms with Crippen molar-refractivity contribution < 1.29 is 18.7 Å². The number of carbonyl (C=O) groups excluding carboxylic acids is 1. The minimum Gasteiger partial charge on any atom is -0.493 e. The van der Waals surface area contributed by atoms with Crippen LogP contribution in [0.5, 0.6) is 11.5 Å². The van der Waals surface area contributed by atoms with Crippen molar-refractivity contribution in [3.63, 3.8) is 0 Å². The second-order valence-corrected chi connectivity index (χ2v) is 10.5. The maximum Gasteiger partial charge on any atom is 0.267 e. The van der Waals surface area contributed by atoms with Gasteiger partial charge in [0.25, 0.3) is 5.91 Å². The van der Waals surface area contributed by atoms with Gasteiger partial charge in [0.1, 0.15) is 11.5 Å². The molecule has 1 heterocycles. The first-order chi connectivity index (χ1) is 17.0. The van der Waals surface area contributed by atoms with Crippen LogP contribution in [0.25, 0.3) is 6.08 Å². The largest absolute Gasteiger partial charge is 0.493 e. The summed E-state index contributed by atoms with van der Waals surface area (Å²) in [5.74, 6) is 0.772. The van der Waals surface area contributed by atoms with Gasteiger partial charge in [-0.25, -0.2) is 9.38 Å². The summed E-state index contributed by atoms with van der Waals surface area (Å²) in [6.45, 7) is 2.72. The van der Waals surface area contributed by atoms with Gasteiger partial charge >= 0.3 is 0 Å². The van der Waals surface area contributed by atoms with E-state index in [2.05, 4.69) is 27.8 Å². The zero-order valence-electron chi connectivity index (χ0n) is 20.1. The third-order valence-corrected chi connectivity index (χ3v) is 7.84. The van der Waals surface area contributed by atoms with Crippen molar-refractivity contribution in [1.29, 1.82) is 0 Å². The number of amidine groups is 1. The molecule has 0 N–H and O–H groups in total. The van der Waals surface area contributed by atoms with Crippen LogP contribution < -0.4 is 9.47 Å². The number of nitrogens with zero attached hydrogens (tertiary/aromatic N) is 2. The summed E-state index contributed by atoms with van der Waals surface area (Å²) in [6, 6.07) is 10.2. The number of para-hydroxylation sites is 1. The van der Waals surface area contributed by atoms with E-state index in [1.807, 2.05) is 18.2 Å². The highest BCUT2D eigenvalue weighted by Crippen LogP contribution is 2.41. The van der Waals surface area contributed by atoms with Crippen molar-refractivity contribution in [2.45, 2.75) is 57.9 Å². The van der Waals surface area contributed by atoms with Crippen LogP contribution >= 0.6 is 27.7 Å². The van der Waals surface area contributed by atoms with Gasteiger partial charge in [0.05, 0.1) is 18.6 Å². The highest BCUT2D eigenvalue weighted by Gasteiger charge is 2.39. The average Bonchev–Trinajstić information content (AvgIpc) is 3.17. The maximum atomic E-state index is 14.4. The van der Waals surface area contributed by atoms with Crippen LogP contribution in [0.3, 0.4) is 0 Å². The lowest BCUT2D eigenvalue weighted by molar-refractivity contribution is -0.124. The summed E-state index contributed by atoms with van der Waals surface area (Å²) in [7, 11) is 1.60. The number of ether oxygens (including phenoxy) is 2.